The molecule has 0 fully saturated rings. The second-order valence-corrected chi connectivity index (χ2v) is 7.53. The number of aryl methyl sites for hydroxylation is 1. The van der Waals surface area contributed by atoms with Crippen LogP contribution in [0.15, 0.2) is 55.5 Å². The van der Waals surface area contributed by atoms with E-state index in [0.717, 1.165) is 17.7 Å². The van der Waals surface area contributed by atoms with E-state index in [9.17, 15) is 13.9 Å². The van der Waals surface area contributed by atoms with Crippen molar-refractivity contribution in [3.63, 3.8) is 0 Å². The van der Waals surface area contributed by atoms with Crippen molar-refractivity contribution in [1.82, 2.24) is 29.5 Å². The molecule has 1 N–H and O–H groups in total. The molecule has 4 rings (SSSR count). The van der Waals surface area contributed by atoms with Gasteiger partial charge < -0.3 is 5.11 Å². The Morgan fingerprint density at radius 3 is 2.69 bits per heavy atom. The molecule has 0 saturated carbocycles. The van der Waals surface area contributed by atoms with Gasteiger partial charge in [0.15, 0.2) is 0 Å². The highest BCUT2D eigenvalue weighted by Gasteiger charge is 2.40. The summed E-state index contributed by atoms with van der Waals surface area (Å²) in [7, 11) is 0. The number of benzene rings is 1. The highest BCUT2D eigenvalue weighted by atomic mass is 19.1. The Morgan fingerprint density at radius 1 is 1.22 bits per heavy atom. The minimum Gasteiger partial charge on any atom is -0.381 e. The molecule has 0 spiro atoms. The molecular formula is C22H19F2N7O. The molecule has 8 nitrogen and oxygen atoms in total. The molecule has 0 saturated heterocycles. The summed E-state index contributed by atoms with van der Waals surface area (Å²) in [5.74, 6) is -1.62. The number of nitrogens with zero attached hydrogens (tertiary/aromatic N) is 7. The van der Waals surface area contributed by atoms with Gasteiger partial charge in [-0.3, -0.25) is 9.67 Å². The molecule has 0 aliphatic heterocycles. The van der Waals surface area contributed by atoms with Gasteiger partial charge in [-0.05, 0) is 31.5 Å². The van der Waals surface area contributed by atoms with Crippen LogP contribution in [0.3, 0.4) is 0 Å². The average Bonchev–Trinajstić information content (AvgIpc) is 3.45. The molecule has 0 unspecified atom stereocenters. The Balaban J connectivity index is 1.75. The van der Waals surface area contributed by atoms with Gasteiger partial charge in [-0.2, -0.15) is 15.5 Å². The van der Waals surface area contributed by atoms with Gasteiger partial charge in [-0.15, -0.1) is 0 Å². The highest BCUT2D eigenvalue weighted by molar-refractivity contribution is 5.62. The first-order valence-corrected chi connectivity index (χ1v) is 9.73. The Hall–Kier alpha value is -3.97. The number of hydrogen-bond donors (Lipinski definition) is 1. The van der Waals surface area contributed by atoms with Crippen molar-refractivity contribution in [2.24, 2.45) is 0 Å². The third-order valence-corrected chi connectivity index (χ3v) is 5.44. The van der Waals surface area contributed by atoms with Gasteiger partial charge in [0.1, 0.15) is 36.0 Å². The molecule has 1 aromatic carbocycles. The van der Waals surface area contributed by atoms with Crippen LogP contribution in [-0.4, -0.2) is 34.6 Å². The van der Waals surface area contributed by atoms with Crippen LogP contribution >= 0.6 is 0 Å². The second kappa shape index (κ2) is 8.28. The lowest BCUT2D eigenvalue weighted by Gasteiger charge is -2.34. The Morgan fingerprint density at radius 2 is 2.03 bits per heavy atom. The molecule has 4 aromatic rings. The van der Waals surface area contributed by atoms with Crippen LogP contribution in [0.5, 0.6) is 0 Å². The van der Waals surface area contributed by atoms with Gasteiger partial charge in [0.25, 0.3) is 0 Å². The summed E-state index contributed by atoms with van der Waals surface area (Å²) in [4.78, 5) is 8.20. The number of aliphatic hydroxyl groups is 1. The molecule has 0 amide bonds. The summed E-state index contributed by atoms with van der Waals surface area (Å²) >= 11 is 0. The number of aromatic nitrogens is 6. The molecule has 3 heterocycles. The molecule has 2 atom stereocenters. The summed E-state index contributed by atoms with van der Waals surface area (Å²) in [5.41, 5.74) is 0.616. The van der Waals surface area contributed by atoms with E-state index in [-0.39, 0.29) is 12.1 Å². The van der Waals surface area contributed by atoms with E-state index in [4.69, 9.17) is 5.26 Å². The predicted octanol–water partition coefficient (Wildman–Crippen LogP) is 3.14. The maximum Gasteiger partial charge on any atom is 0.137 e. The SMILES string of the molecule is Cc1cc(C#N)cnc1-c1cnn([C@H](C)[C@](O)(Cn2cncn2)c2ccc(F)cc2F)c1. The van der Waals surface area contributed by atoms with Crippen molar-refractivity contribution in [3.05, 3.63) is 83.8 Å². The van der Waals surface area contributed by atoms with Crippen LogP contribution in [0.2, 0.25) is 0 Å². The zero-order chi connectivity index (χ0) is 22.9. The molecule has 10 heteroatoms. The van der Waals surface area contributed by atoms with Crippen LogP contribution in [0.25, 0.3) is 11.3 Å². The molecular weight excluding hydrogens is 416 g/mol. The molecule has 0 aliphatic carbocycles. The molecule has 162 valence electrons. The highest BCUT2D eigenvalue weighted by Crippen LogP contribution is 2.37. The maximum absolute atomic E-state index is 14.7. The lowest BCUT2D eigenvalue weighted by atomic mass is 9.86. The van der Waals surface area contributed by atoms with E-state index in [1.165, 1.54) is 34.3 Å². The molecule has 0 bridgehead atoms. The molecule has 0 radical (unpaired) electrons. The van der Waals surface area contributed by atoms with Crippen LogP contribution < -0.4 is 0 Å². The van der Waals surface area contributed by atoms with Crippen molar-refractivity contribution in [2.45, 2.75) is 32.0 Å². The fourth-order valence-electron chi connectivity index (χ4n) is 3.67. The van der Waals surface area contributed by atoms with Gasteiger partial charge in [0.2, 0.25) is 0 Å². The van der Waals surface area contributed by atoms with Crippen LogP contribution in [0.1, 0.15) is 29.7 Å². The van der Waals surface area contributed by atoms with Crippen molar-refractivity contribution in [1.29, 1.82) is 5.26 Å². The number of hydrogen-bond acceptors (Lipinski definition) is 6. The summed E-state index contributed by atoms with van der Waals surface area (Å²) in [6.45, 7) is 3.37. The van der Waals surface area contributed by atoms with Gasteiger partial charge in [0.05, 0.1) is 30.0 Å². The van der Waals surface area contributed by atoms with Crippen molar-refractivity contribution in [3.8, 4) is 17.3 Å². The quantitative estimate of drug-likeness (QED) is 0.499. The zero-order valence-electron chi connectivity index (χ0n) is 17.3. The number of halogens is 2. The van der Waals surface area contributed by atoms with E-state index < -0.39 is 23.3 Å². The number of pyridine rings is 1. The van der Waals surface area contributed by atoms with E-state index in [1.807, 2.05) is 13.0 Å². The van der Waals surface area contributed by atoms with E-state index >= 15 is 0 Å². The van der Waals surface area contributed by atoms with Gasteiger partial charge in [-0.1, -0.05) is 6.07 Å². The van der Waals surface area contributed by atoms with E-state index in [1.54, 1.807) is 25.4 Å². The largest absolute Gasteiger partial charge is 0.381 e. The minimum atomic E-state index is -1.83. The first kappa shape index (κ1) is 21.3. The normalized spacial score (nSPS) is 14.0. The first-order valence-electron chi connectivity index (χ1n) is 9.73. The summed E-state index contributed by atoms with van der Waals surface area (Å²) in [6.07, 6.45) is 7.43. The maximum atomic E-state index is 14.7. The Bertz CT molecular complexity index is 1300. The van der Waals surface area contributed by atoms with Gasteiger partial charge in [0, 0.05) is 29.6 Å². The van der Waals surface area contributed by atoms with Gasteiger partial charge in [-0.25, -0.2) is 18.4 Å². The van der Waals surface area contributed by atoms with Crippen molar-refractivity contribution >= 4 is 0 Å². The number of rotatable bonds is 6. The monoisotopic (exact) mass is 435 g/mol. The minimum absolute atomic E-state index is 0.0911. The average molecular weight is 435 g/mol. The lowest BCUT2D eigenvalue weighted by Crippen LogP contribution is -2.40. The van der Waals surface area contributed by atoms with E-state index in [0.29, 0.717) is 16.8 Å². The smallest absolute Gasteiger partial charge is 0.137 e. The summed E-state index contributed by atoms with van der Waals surface area (Å²) in [5, 5.41) is 29.1. The second-order valence-electron chi connectivity index (χ2n) is 7.53. The molecule has 32 heavy (non-hydrogen) atoms. The Labute approximate surface area is 182 Å². The topological polar surface area (TPSA) is 105 Å². The van der Waals surface area contributed by atoms with Crippen LogP contribution in [-0.2, 0) is 12.1 Å². The van der Waals surface area contributed by atoms with Crippen LogP contribution in [0, 0.1) is 29.9 Å². The Kier molecular flexibility index (Phi) is 5.50. The molecule has 3 aromatic heterocycles. The zero-order valence-corrected chi connectivity index (χ0v) is 17.3. The lowest BCUT2D eigenvalue weighted by molar-refractivity contribution is -0.0368. The predicted molar refractivity (Wildman–Crippen MR) is 110 cm³/mol. The van der Waals surface area contributed by atoms with E-state index in [2.05, 4.69) is 20.2 Å². The fraction of sp³-hybridized carbons (Fsp3) is 0.227. The van der Waals surface area contributed by atoms with Gasteiger partial charge >= 0.3 is 0 Å². The van der Waals surface area contributed by atoms with Crippen molar-refractivity contribution < 1.29 is 13.9 Å². The molecule has 0 aliphatic rings. The fourth-order valence-corrected chi connectivity index (χ4v) is 3.67. The van der Waals surface area contributed by atoms with Crippen LogP contribution in [0.4, 0.5) is 8.78 Å². The standard InChI is InChI=1S/C22H19F2N7O/c1-14-5-16(7-25)8-27-21(14)17-9-28-31(10-17)15(2)22(32,11-30-13-26-12-29-30)19-4-3-18(23)6-20(19)24/h3-6,8-10,12-13,15,32H,11H2,1-2H3/t15-,22-/m1/s1. The van der Waals surface area contributed by atoms with Crippen molar-refractivity contribution in [2.75, 3.05) is 0 Å². The third-order valence-electron chi connectivity index (χ3n) is 5.44. The third kappa shape index (κ3) is 3.86. The number of nitriles is 1. The summed E-state index contributed by atoms with van der Waals surface area (Å²) < 4.78 is 31.1. The first-order chi connectivity index (χ1) is 15.3. The summed E-state index contributed by atoms with van der Waals surface area (Å²) in [6, 6.07) is 6.03.